The van der Waals surface area contributed by atoms with E-state index in [2.05, 4.69) is 20.6 Å². The Morgan fingerprint density at radius 2 is 2.29 bits per heavy atom. The zero-order valence-corrected chi connectivity index (χ0v) is 12.6. The maximum Gasteiger partial charge on any atom is 0.224 e. The van der Waals surface area contributed by atoms with Gasteiger partial charge in [-0.2, -0.15) is 4.98 Å². The van der Waals surface area contributed by atoms with Crippen LogP contribution in [0.4, 0.5) is 11.8 Å². The van der Waals surface area contributed by atoms with Gasteiger partial charge >= 0.3 is 0 Å². The van der Waals surface area contributed by atoms with Gasteiger partial charge in [-0.1, -0.05) is 0 Å². The van der Waals surface area contributed by atoms with Crippen LogP contribution < -0.4 is 10.6 Å². The molecule has 2 aliphatic heterocycles. The molecular formula is C13H20N4O3S. The van der Waals surface area contributed by atoms with Crippen molar-refractivity contribution in [1.82, 2.24) is 9.97 Å². The fourth-order valence-corrected chi connectivity index (χ4v) is 4.33. The van der Waals surface area contributed by atoms with Gasteiger partial charge < -0.3 is 15.4 Å². The van der Waals surface area contributed by atoms with Crippen LogP contribution in [0, 0.1) is 0 Å². The van der Waals surface area contributed by atoms with E-state index >= 15 is 0 Å². The second kappa shape index (κ2) is 6.15. The third-order valence-electron chi connectivity index (χ3n) is 3.75. The first-order valence-corrected chi connectivity index (χ1v) is 9.08. The van der Waals surface area contributed by atoms with Crippen LogP contribution in [0.15, 0.2) is 12.3 Å². The van der Waals surface area contributed by atoms with E-state index < -0.39 is 9.84 Å². The Morgan fingerprint density at radius 1 is 1.38 bits per heavy atom. The van der Waals surface area contributed by atoms with Gasteiger partial charge in [0.1, 0.15) is 5.82 Å². The van der Waals surface area contributed by atoms with E-state index in [1.165, 1.54) is 0 Å². The summed E-state index contributed by atoms with van der Waals surface area (Å²) in [6.07, 6.45) is 4.68. The predicted molar refractivity (Wildman–Crippen MR) is 80.2 cm³/mol. The van der Waals surface area contributed by atoms with Crippen molar-refractivity contribution >= 4 is 21.6 Å². The summed E-state index contributed by atoms with van der Waals surface area (Å²) >= 11 is 0. The summed E-state index contributed by atoms with van der Waals surface area (Å²) in [6.45, 7) is 1.52. The number of aromatic nitrogens is 2. The fourth-order valence-electron chi connectivity index (χ4n) is 2.65. The lowest BCUT2D eigenvalue weighted by atomic mass is 10.2. The van der Waals surface area contributed by atoms with Gasteiger partial charge in [-0.15, -0.1) is 0 Å². The molecule has 0 aliphatic carbocycles. The van der Waals surface area contributed by atoms with Crippen LogP contribution in [0.1, 0.15) is 19.3 Å². The van der Waals surface area contributed by atoms with Gasteiger partial charge in [-0.05, 0) is 25.3 Å². The average molecular weight is 312 g/mol. The van der Waals surface area contributed by atoms with Crippen LogP contribution in [-0.4, -0.2) is 55.2 Å². The van der Waals surface area contributed by atoms with Gasteiger partial charge in [0.05, 0.1) is 17.6 Å². The molecule has 3 rings (SSSR count). The number of hydrogen-bond acceptors (Lipinski definition) is 7. The zero-order chi connectivity index (χ0) is 14.7. The number of rotatable bonds is 5. The molecule has 0 spiro atoms. The van der Waals surface area contributed by atoms with Crippen molar-refractivity contribution in [2.45, 2.75) is 31.4 Å². The summed E-state index contributed by atoms with van der Waals surface area (Å²) < 4.78 is 28.4. The Kier molecular flexibility index (Phi) is 4.25. The zero-order valence-electron chi connectivity index (χ0n) is 11.8. The average Bonchev–Trinajstić information content (AvgIpc) is 3.07. The summed E-state index contributed by atoms with van der Waals surface area (Å²) in [7, 11) is -2.89. The second-order valence-corrected chi connectivity index (χ2v) is 7.75. The van der Waals surface area contributed by atoms with E-state index in [9.17, 15) is 8.42 Å². The van der Waals surface area contributed by atoms with Gasteiger partial charge in [-0.3, -0.25) is 0 Å². The lowest BCUT2D eigenvalue weighted by molar-refractivity contribution is 0.120. The summed E-state index contributed by atoms with van der Waals surface area (Å²) in [5, 5.41) is 6.33. The molecule has 0 saturated carbocycles. The summed E-state index contributed by atoms with van der Waals surface area (Å²) in [5.74, 6) is 1.62. The second-order valence-electron chi connectivity index (χ2n) is 5.53. The van der Waals surface area contributed by atoms with Crippen LogP contribution in [0.5, 0.6) is 0 Å². The van der Waals surface area contributed by atoms with Crippen LogP contribution in [0.2, 0.25) is 0 Å². The SMILES string of the molecule is O=S1(=O)CCC(Nc2ccnc(NCC3CCCO3)n2)C1. The molecule has 2 saturated heterocycles. The van der Waals surface area contributed by atoms with Crippen molar-refractivity contribution < 1.29 is 13.2 Å². The lowest BCUT2D eigenvalue weighted by Gasteiger charge is -2.13. The first-order chi connectivity index (χ1) is 10.1. The van der Waals surface area contributed by atoms with E-state index in [0.29, 0.717) is 24.7 Å². The normalized spacial score (nSPS) is 27.6. The van der Waals surface area contributed by atoms with E-state index in [1.807, 2.05) is 0 Å². The summed E-state index contributed by atoms with van der Waals surface area (Å²) in [5.41, 5.74) is 0. The molecule has 0 amide bonds. The highest BCUT2D eigenvalue weighted by Crippen LogP contribution is 2.17. The largest absolute Gasteiger partial charge is 0.376 e. The van der Waals surface area contributed by atoms with Crippen LogP contribution in [0.25, 0.3) is 0 Å². The number of ether oxygens (including phenoxy) is 1. The Labute approximate surface area is 124 Å². The molecule has 0 bridgehead atoms. The maximum atomic E-state index is 11.4. The molecule has 116 valence electrons. The van der Waals surface area contributed by atoms with E-state index in [1.54, 1.807) is 12.3 Å². The minimum absolute atomic E-state index is 0.0593. The molecular weight excluding hydrogens is 292 g/mol. The van der Waals surface area contributed by atoms with Crippen LogP contribution >= 0.6 is 0 Å². The van der Waals surface area contributed by atoms with Crippen molar-refractivity contribution in [3.8, 4) is 0 Å². The third kappa shape index (κ3) is 4.04. The number of anilines is 2. The molecule has 7 nitrogen and oxygen atoms in total. The molecule has 0 radical (unpaired) electrons. The monoisotopic (exact) mass is 312 g/mol. The minimum Gasteiger partial charge on any atom is -0.376 e. The molecule has 2 atom stereocenters. The minimum atomic E-state index is -2.89. The van der Waals surface area contributed by atoms with Crippen molar-refractivity contribution in [2.75, 3.05) is 35.3 Å². The topological polar surface area (TPSA) is 93.2 Å². The smallest absolute Gasteiger partial charge is 0.224 e. The predicted octanol–water partition coefficient (Wildman–Crippen LogP) is 0.666. The molecule has 1 aromatic rings. The van der Waals surface area contributed by atoms with Crippen LogP contribution in [-0.2, 0) is 14.6 Å². The van der Waals surface area contributed by atoms with Gasteiger partial charge in [0.25, 0.3) is 0 Å². The number of nitrogens with zero attached hydrogens (tertiary/aromatic N) is 2. The molecule has 3 heterocycles. The van der Waals surface area contributed by atoms with Gasteiger partial charge in [0.15, 0.2) is 9.84 Å². The van der Waals surface area contributed by atoms with Crippen LogP contribution in [0.3, 0.4) is 0 Å². The van der Waals surface area contributed by atoms with Gasteiger partial charge in [0, 0.05) is 25.4 Å². The third-order valence-corrected chi connectivity index (χ3v) is 5.52. The maximum absolute atomic E-state index is 11.4. The highest BCUT2D eigenvalue weighted by Gasteiger charge is 2.27. The lowest BCUT2D eigenvalue weighted by Crippen LogP contribution is -2.22. The van der Waals surface area contributed by atoms with E-state index in [0.717, 1.165) is 19.4 Å². The van der Waals surface area contributed by atoms with E-state index in [-0.39, 0.29) is 23.7 Å². The Hall–Kier alpha value is -1.41. The molecule has 2 aliphatic rings. The molecule has 0 aromatic carbocycles. The Balaban J connectivity index is 1.55. The van der Waals surface area contributed by atoms with Crippen molar-refractivity contribution in [1.29, 1.82) is 0 Å². The van der Waals surface area contributed by atoms with Gasteiger partial charge in [0.2, 0.25) is 5.95 Å². The van der Waals surface area contributed by atoms with Gasteiger partial charge in [-0.25, -0.2) is 13.4 Å². The highest BCUT2D eigenvalue weighted by molar-refractivity contribution is 7.91. The fraction of sp³-hybridized carbons (Fsp3) is 0.692. The number of nitrogens with one attached hydrogen (secondary N) is 2. The number of hydrogen-bond donors (Lipinski definition) is 2. The molecule has 2 unspecified atom stereocenters. The van der Waals surface area contributed by atoms with Crippen molar-refractivity contribution in [2.24, 2.45) is 0 Å². The summed E-state index contributed by atoms with van der Waals surface area (Å²) in [4.78, 5) is 8.53. The molecule has 8 heteroatoms. The first-order valence-electron chi connectivity index (χ1n) is 7.26. The highest BCUT2D eigenvalue weighted by atomic mass is 32.2. The molecule has 2 N–H and O–H groups in total. The standard InChI is InChI=1S/C13H20N4O3S/c18-21(19)7-4-10(9-21)16-12-3-5-14-13(17-12)15-8-11-2-1-6-20-11/h3,5,10-11H,1-2,4,6-9H2,(H2,14,15,16,17). The molecule has 1 aromatic heterocycles. The van der Waals surface area contributed by atoms with E-state index in [4.69, 9.17) is 4.74 Å². The quantitative estimate of drug-likeness (QED) is 0.825. The Bertz CT molecular complexity index is 587. The van der Waals surface area contributed by atoms with Crippen molar-refractivity contribution in [3.63, 3.8) is 0 Å². The molecule has 21 heavy (non-hydrogen) atoms. The first kappa shape index (κ1) is 14.5. The van der Waals surface area contributed by atoms with Crippen molar-refractivity contribution in [3.05, 3.63) is 12.3 Å². The molecule has 2 fully saturated rings. The number of sulfone groups is 1. The summed E-state index contributed by atoms with van der Waals surface area (Å²) in [6, 6.07) is 1.69. The Morgan fingerprint density at radius 3 is 3.00 bits per heavy atom.